The van der Waals surface area contributed by atoms with E-state index in [1.54, 1.807) is 7.05 Å². The lowest BCUT2D eigenvalue weighted by Gasteiger charge is -2.18. The third-order valence-corrected chi connectivity index (χ3v) is 4.32. The zero-order valence-corrected chi connectivity index (χ0v) is 18.1. The zero-order chi connectivity index (χ0) is 20.7. The minimum absolute atomic E-state index is 0.164. The largest absolute Gasteiger partial charge is 0.490 e. The number of nitrogens with zero attached hydrogens (tertiary/aromatic N) is 3. The van der Waals surface area contributed by atoms with Crippen molar-refractivity contribution >= 4 is 5.96 Å². The quantitative estimate of drug-likeness (QED) is 0.556. The van der Waals surface area contributed by atoms with Crippen molar-refractivity contribution in [2.24, 2.45) is 4.99 Å². The van der Waals surface area contributed by atoms with Crippen LogP contribution in [0.5, 0.6) is 5.75 Å². The van der Waals surface area contributed by atoms with Gasteiger partial charge in [-0.05, 0) is 31.9 Å². The molecule has 28 heavy (non-hydrogen) atoms. The molecule has 1 heterocycles. The number of rotatable bonds is 7. The van der Waals surface area contributed by atoms with Crippen molar-refractivity contribution in [3.63, 3.8) is 0 Å². The summed E-state index contributed by atoms with van der Waals surface area (Å²) >= 11 is 0. The molecule has 2 N–H and O–H groups in total. The van der Waals surface area contributed by atoms with Crippen molar-refractivity contribution in [2.45, 2.75) is 72.6 Å². The van der Waals surface area contributed by atoms with Crippen LogP contribution in [0.25, 0.3) is 0 Å². The van der Waals surface area contributed by atoms with Crippen molar-refractivity contribution in [2.75, 3.05) is 7.05 Å². The van der Waals surface area contributed by atoms with Gasteiger partial charge in [0.2, 0.25) is 5.89 Å². The lowest BCUT2D eigenvalue weighted by molar-refractivity contribution is 0.215. The number of benzene rings is 1. The molecule has 0 spiro atoms. The molecule has 0 saturated heterocycles. The number of aromatic nitrogens is 2. The van der Waals surface area contributed by atoms with Crippen LogP contribution in [0.4, 0.5) is 0 Å². The summed E-state index contributed by atoms with van der Waals surface area (Å²) in [5.74, 6) is 2.80. The van der Waals surface area contributed by atoms with Gasteiger partial charge >= 0.3 is 0 Å². The number of nitrogens with one attached hydrogen (secondary N) is 2. The van der Waals surface area contributed by atoms with Gasteiger partial charge in [-0.3, -0.25) is 4.99 Å². The summed E-state index contributed by atoms with van der Waals surface area (Å²) in [4.78, 5) is 8.69. The van der Waals surface area contributed by atoms with Crippen molar-refractivity contribution in [3.05, 3.63) is 41.0 Å². The Balaban J connectivity index is 1.96. The first kappa shape index (κ1) is 21.7. The summed E-state index contributed by atoms with van der Waals surface area (Å²) in [6.07, 6.45) is 1.14. The topological polar surface area (TPSA) is 84.6 Å². The van der Waals surface area contributed by atoms with Gasteiger partial charge < -0.3 is 19.9 Å². The van der Waals surface area contributed by atoms with Crippen LogP contribution in [0, 0.1) is 6.92 Å². The van der Waals surface area contributed by atoms with Gasteiger partial charge in [0.25, 0.3) is 0 Å². The first-order valence-corrected chi connectivity index (χ1v) is 9.76. The van der Waals surface area contributed by atoms with Gasteiger partial charge in [-0.1, -0.05) is 45.0 Å². The van der Waals surface area contributed by atoms with Crippen molar-refractivity contribution in [1.82, 2.24) is 20.8 Å². The Morgan fingerprint density at radius 1 is 1.25 bits per heavy atom. The Hall–Kier alpha value is -2.57. The number of aliphatic imine (C=N–C) groups is 1. The normalized spacial score (nSPS) is 13.3. The molecule has 0 aliphatic rings. The molecule has 0 saturated carbocycles. The number of ether oxygens (including phenoxy) is 1. The van der Waals surface area contributed by atoms with Crippen LogP contribution < -0.4 is 15.4 Å². The smallest absolute Gasteiger partial charge is 0.232 e. The van der Waals surface area contributed by atoms with Crippen molar-refractivity contribution in [3.8, 4) is 5.75 Å². The summed E-state index contributed by atoms with van der Waals surface area (Å²) in [6, 6.07) is 6.25. The van der Waals surface area contributed by atoms with E-state index in [-0.39, 0.29) is 11.5 Å². The molecule has 0 bridgehead atoms. The number of aryl methyl sites for hydroxylation is 1. The fourth-order valence-corrected chi connectivity index (χ4v) is 2.41. The SMILES string of the molecule is CCC(C)Oc1cc(C)ccc1CNC(=NC)NCc1noc(C(C)(C)C)n1. The molecular weight excluding hydrogens is 354 g/mol. The van der Waals surface area contributed by atoms with E-state index >= 15 is 0 Å². The molecule has 1 aromatic heterocycles. The van der Waals surface area contributed by atoms with Gasteiger partial charge in [-0.2, -0.15) is 4.98 Å². The number of hydrogen-bond donors (Lipinski definition) is 2. The highest BCUT2D eigenvalue weighted by Crippen LogP contribution is 2.22. The van der Waals surface area contributed by atoms with Gasteiger partial charge in [0.15, 0.2) is 11.8 Å². The summed E-state index contributed by atoms with van der Waals surface area (Å²) in [6.45, 7) is 13.4. The second-order valence-corrected chi connectivity index (χ2v) is 7.99. The maximum Gasteiger partial charge on any atom is 0.232 e. The molecular formula is C21H33N5O2. The first-order valence-electron chi connectivity index (χ1n) is 9.76. The molecule has 7 heteroatoms. The van der Waals surface area contributed by atoms with Crippen LogP contribution in [0.1, 0.15) is 63.9 Å². The van der Waals surface area contributed by atoms with Crippen LogP contribution in [0.3, 0.4) is 0 Å². The highest BCUT2D eigenvalue weighted by Gasteiger charge is 2.21. The molecule has 1 aromatic carbocycles. The summed E-state index contributed by atoms with van der Waals surface area (Å²) in [7, 11) is 1.73. The van der Waals surface area contributed by atoms with E-state index in [1.807, 2.05) is 20.8 Å². The minimum Gasteiger partial charge on any atom is -0.490 e. The molecule has 7 nitrogen and oxygen atoms in total. The highest BCUT2D eigenvalue weighted by molar-refractivity contribution is 5.79. The monoisotopic (exact) mass is 387 g/mol. The van der Waals surface area contributed by atoms with Gasteiger partial charge in [0.1, 0.15) is 5.75 Å². The second-order valence-electron chi connectivity index (χ2n) is 7.99. The average molecular weight is 388 g/mol. The lowest BCUT2D eigenvalue weighted by atomic mass is 9.97. The molecule has 0 aliphatic carbocycles. The van der Waals surface area contributed by atoms with E-state index in [0.29, 0.717) is 30.8 Å². The molecule has 0 fully saturated rings. The average Bonchev–Trinajstić information content (AvgIpc) is 3.12. The van der Waals surface area contributed by atoms with Crippen molar-refractivity contribution < 1.29 is 9.26 Å². The van der Waals surface area contributed by atoms with E-state index in [9.17, 15) is 0 Å². The number of hydrogen-bond acceptors (Lipinski definition) is 5. The van der Waals surface area contributed by atoms with Gasteiger partial charge in [0.05, 0.1) is 12.6 Å². The second kappa shape index (κ2) is 9.57. The van der Waals surface area contributed by atoms with Gasteiger partial charge in [-0.25, -0.2) is 0 Å². The van der Waals surface area contributed by atoms with E-state index < -0.39 is 0 Å². The molecule has 0 aliphatic heterocycles. The van der Waals surface area contributed by atoms with E-state index in [1.165, 1.54) is 5.56 Å². The third-order valence-electron chi connectivity index (χ3n) is 4.32. The maximum atomic E-state index is 6.07. The Labute approximate surface area is 168 Å². The van der Waals surface area contributed by atoms with E-state index in [2.05, 4.69) is 64.7 Å². The Kier molecular flexibility index (Phi) is 7.43. The summed E-state index contributed by atoms with van der Waals surface area (Å²) in [5.41, 5.74) is 2.10. The van der Waals surface area contributed by atoms with E-state index in [4.69, 9.17) is 9.26 Å². The van der Waals surface area contributed by atoms with Crippen molar-refractivity contribution in [1.29, 1.82) is 0 Å². The van der Waals surface area contributed by atoms with Crippen LogP contribution in [0.2, 0.25) is 0 Å². The molecule has 1 unspecified atom stereocenters. The van der Waals surface area contributed by atoms with Crippen LogP contribution in [-0.4, -0.2) is 29.3 Å². The fraction of sp³-hybridized carbons (Fsp3) is 0.571. The highest BCUT2D eigenvalue weighted by atomic mass is 16.5. The Bertz CT molecular complexity index is 792. The molecule has 0 amide bonds. The minimum atomic E-state index is -0.164. The third kappa shape index (κ3) is 6.25. The summed E-state index contributed by atoms with van der Waals surface area (Å²) in [5, 5.41) is 10.6. The molecule has 2 rings (SSSR count). The van der Waals surface area contributed by atoms with E-state index in [0.717, 1.165) is 17.7 Å². The molecule has 154 valence electrons. The summed E-state index contributed by atoms with van der Waals surface area (Å²) < 4.78 is 11.4. The number of guanidine groups is 1. The maximum absolute atomic E-state index is 6.07. The zero-order valence-electron chi connectivity index (χ0n) is 18.1. The van der Waals surface area contributed by atoms with Gasteiger partial charge in [0, 0.05) is 24.6 Å². The predicted octanol–water partition coefficient (Wildman–Crippen LogP) is 3.72. The van der Waals surface area contributed by atoms with Crippen LogP contribution >= 0.6 is 0 Å². The predicted molar refractivity (Wildman–Crippen MR) is 112 cm³/mol. The van der Waals surface area contributed by atoms with Crippen LogP contribution in [0.15, 0.2) is 27.7 Å². The molecule has 2 aromatic rings. The molecule has 0 radical (unpaired) electrons. The van der Waals surface area contributed by atoms with Gasteiger partial charge in [-0.15, -0.1) is 0 Å². The van der Waals surface area contributed by atoms with Crippen LogP contribution in [-0.2, 0) is 18.5 Å². The lowest BCUT2D eigenvalue weighted by Crippen LogP contribution is -2.36. The fourth-order valence-electron chi connectivity index (χ4n) is 2.41. The molecule has 1 atom stereocenters. The standard InChI is InChI=1S/C21H33N5O2/c1-8-15(3)27-17-11-14(2)9-10-16(17)12-23-20(22-7)24-13-18-25-19(28-26-18)21(4,5)6/h9-11,15H,8,12-13H2,1-7H3,(H2,22,23,24). The Morgan fingerprint density at radius 3 is 2.57 bits per heavy atom. The first-order chi connectivity index (χ1) is 13.2. The Morgan fingerprint density at radius 2 is 1.96 bits per heavy atom.